The van der Waals surface area contributed by atoms with Gasteiger partial charge in [-0.1, -0.05) is 64.3 Å². The molecule has 3 aromatic heterocycles. The summed E-state index contributed by atoms with van der Waals surface area (Å²) in [5.74, 6) is 1.02. The van der Waals surface area contributed by atoms with Crippen LogP contribution in [0.1, 0.15) is 36.1 Å². The molecule has 4 heterocycles. The quantitative estimate of drug-likeness (QED) is 0.154. The summed E-state index contributed by atoms with van der Waals surface area (Å²) in [7, 11) is 3.20. The largest absolute Gasteiger partial charge is 0.493 e. The van der Waals surface area contributed by atoms with Gasteiger partial charge in [0.25, 0.3) is 0 Å². The predicted molar refractivity (Wildman–Crippen MR) is 183 cm³/mol. The standard InChI is InChI=1S/C31H35N11O4S2/c1-45-24-10-8-21(16-25(24)46-2)18-42-19-23(35-40-42)9-11-26(43)33-30-38-39-31(48-30)41-14-12-22(13-15-41)32-28-36-37-29(47-28)34-27(44)17-20-6-4-3-5-7-20/h3-8,10,16,19,22H,9,11-15,17-18H2,1-2H3,(H,32,36)(H,33,38,43)(H,34,37,44). The summed E-state index contributed by atoms with van der Waals surface area (Å²) >= 11 is 2.68. The summed E-state index contributed by atoms with van der Waals surface area (Å²) in [6.45, 7) is 2.07. The number of rotatable bonds is 14. The highest BCUT2D eigenvalue weighted by Gasteiger charge is 2.23. The minimum Gasteiger partial charge on any atom is -0.493 e. The number of hydrogen-bond acceptors (Lipinski definition) is 14. The molecule has 1 saturated heterocycles. The minimum atomic E-state index is -0.164. The van der Waals surface area contributed by atoms with Crippen LogP contribution < -0.4 is 30.3 Å². The van der Waals surface area contributed by atoms with Gasteiger partial charge in [0.1, 0.15) is 0 Å². The van der Waals surface area contributed by atoms with Gasteiger partial charge in [-0.05, 0) is 36.1 Å². The van der Waals surface area contributed by atoms with Gasteiger partial charge in [0.15, 0.2) is 11.5 Å². The number of aromatic nitrogens is 7. The monoisotopic (exact) mass is 689 g/mol. The average molecular weight is 690 g/mol. The molecule has 2 aromatic carbocycles. The number of piperidine rings is 1. The Morgan fingerprint density at radius 2 is 1.56 bits per heavy atom. The Labute approximate surface area is 284 Å². The van der Waals surface area contributed by atoms with E-state index in [2.05, 4.69) is 51.6 Å². The van der Waals surface area contributed by atoms with Crippen molar-refractivity contribution in [1.82, 2.24) is 35.4 Å². The lowest BCUT2D eigenvalue weighted by atomic mass is 10.1. The van der Waals surface area contributed by atoms with Crippen molar-refractivity contribution >= 4 is 55.0 Å². The van der Waals surface area contributed by atoms with Gasteiger partial charge in [0.2, 0.25) is 32.3 Å². The molecule has 0 unspecified atom stereocenters. The van der Waals surface area contributed by atoms with Crippen LogP contribution in [0.3, 0.4) is 0 Å². The number of nitrogens with one attached hydrogen (secondary N) is 3. The molecular formula is C31H35N11O4S2. The van der Waals surface area contributed by atoms with E-state index in [1.54, 1.807) is 18.9 Å². The SMILES string of the molecule is COc1ccc(Cn2cc(CCC(=O)Nc3nnc(N4CCC(Nc5nnc(NC(=O)Cc6ccccc6)s5)CC4)s3)nn2)cc1OC. The Morgan fingerprint density at radius 3 is 2.35 bits per heavy atom. The van der Waals surface area contributed by atoms with Crippen molar-refractivity contribution < 1.29 is 19.1 Å². The fourth-order valence-electron chi connectivity index (χ4n) is 5.18. The van der Waals surface area contributed by atoms with E-state index in [-0.39, 0.29) is 30.7 Å². The molecule has 5 aromatic rings. The van der Waals surface area contributed by atoms with E-state index in [0.717, 1.165) is 47.9 Å². The van der Waals surface area contributed by atoms with Gasteiger partial charge < -0.3 is 30.3 Å². The van der Waals surface area contributed by atoms with Gasteiger partial charge in [-0.15, -0.1) is 25.5 Å². The summed E-state index contributed by atoms with van der Waals surface area (Å²) in [5.41, 5.74) is 2.65. The molecule has 0 bridgehead atoms. The summed E-state index contributed by atoms with van der Waals surface area (Å²) in [5, 5.41) is 36.7. The molecule has 0 aliphatic carbocycles. The predicted octanol–water partition coefficient (Wildman–Crippen LogP) is 3.88. The summed E-state index contributed by atoms with van der Waals surface area (Å²) in [4.78, 5) is 27.2. The number of hydrogen-bond donors (Lipinski definition) is 3. The number of methoxy groups -OCH3 is 2. The van der Waals surface area contributed by atoms with Crippen molar-refractivity contribution in [2.24, 2.45) is 0 Å². The topological polar surface area (TPSA) is 174 Å². The molecule has 0 radical (unpaired) electrons. The summed E-state index contributed by atoms with van der Waals surface area (Å²) in [6, 6.07) is 15.5. The van der Waals surface area contributed by atoms with E-state index >= 15 is 0 Å². The van der Waals surface area contributed by atoms with Crippen molar-refractivity contribution in [2.75, 3.05) is 48.2 Å². The van der Waals surface area contributed by atoms with Crippen molar-refractivity contribution in [1.29, 1.82) is 0 Å². The van der Waals surface area contributed by atoms with Crippen molar-refractivity contribution in [3.63, 3.8) is 0 Å². The number of amides is 2. The molecule has 1 aliphatic rings. The second-order valence-corrected chi connectivity index (χ2v) is 13.0. The molecule has 1 fully saturated rings. The minimum absolute atomic E-state index is 0.127. The van der Waals surface area contributed by atoms with Gasteiger partial charge >= 0.3 is 0 Å². The molecule has 0 atom stereocenters. The van der Waals surface area contributed by atoms with Gasteiger partial charge in [0, 0.05) is 38.2 Å². The molecule has 0 saturated carbocycles. The summed E-state index contributed by atoms with van der Waals surface area (Å²) < 4.78 is 12.4. The Kier molecular flexibility index (Phi) is 10.7. The molecule has 3 N–H and O–H groups in total. The zero-order chi connectivity index (χ0) is 33.3. The van der Waals surface area contributed by atoms with Gasteiger partial charge in [-0.25, -0.2) is 4.68 Å². The van der Waals surface area contributed by atoms with Crippen molar-refractivity contribution in [3.8, 4) is 11.5 Å². The van der Waals surface area contributed by atoms with Gasteiger partial charge in [-0.2, -0.15) is 0 Å². The van der Waals surface area contributed by atoms with E-state index < -0.39 is 0 Å². The molecule has 6 rings (SSSR count). The third kappa shape index (κ3) is 8.80. The lowest BCUT2D eigenvalue weighted by Gasteiger charge is -2.31. The Hall–Kier alpha value is -5.16. The molecule has 1 aliphatic heterocycles. The Bertz CT molecular complexity index is 1820. The number of benzene rings is 2. The normalized spacial score (nSPS) is 13.2. The van der Waals surface area contributed by atoms with Crippen LogP contribution in [0.2, 0.25) is 0 Å². The number of carbonyl (C=O) groups is 2. The third-order valence-corrected chi connectivity index (χ3v) is 9.29. The van der Waals surface area contributed by atoms with E-state index in [9.17, 15) is 9.59 Å². The number of carbonyl (C=O) groups excluding carboxylic acids is 2. The van der Waals surface area contributed by atoms with Crippen LogP contribution in [0.4, 0.5) is 20.5 Å². The van der Waals surface area contributed by atoms with E-state index in [4.69, 9.17) is 9.47 Å². The first-order valence-corrected chi connectivity index (χ1v) is 17.0. The highest BCUT2D eigenvalue weighted by Crippen LogP contribution is 2.29. The van der Waals surface area contributed by atoms with E-state index in [1.165, 1.54) is 22.7 Å². The van der Waals surface area contributed by atoms with Crippen LogP contribution in [0.25, 0.3) is 0 Å². The van der Waals surface area contributed by atoms with Crippen LogP contribution in [0.5, 0.6) is 11.5 Å². The third-order valence-electron chi connectivity index (χ3n) is 7.62. The zero-order valence-corrected chi connectivity index (χ0v) is 28.1. The average Bonchev–Trinajstić information content (AvgIpc) is 3.86. The van der Waals surface area contributed by atoms with Gasteiger partial charge in [0.05, 0.1) is 32.9 Å². The maximum Gasteiger partial charge on any atom is 0.230 e. The first kappa shape index (κ1) is 32.8. The van der Waals surface area contributed by atoms with E-state index in [1.807, 2.05) is 54.7 Å². The molecule has 17 heteroatoms. The highest BCUT2D eigenvalue weighted by atomic mass is 32.1. The molecule has 48 heavy (non-hydrogen) atoms. The van der Waals surface area contributed by atoms with Gasteiger partial charge in [-0.3, -0.25) is 9.59 Å². The maximum absolute atomic E-state index is 12.7. The molecule has 15 nitrogen and oxygen atoms in total. The molecule has 2 amide bonds. The second-order valence-electron chi connectivity index (χ2n) is 11.1. The smallest absolute Gasteiger partial charge is 0.230 e. The van der Waals surface area contributed by atoms with Crippen LogP contribution in [0, 0.1) is 0 Å². The number of aryl methyl sites for hydroxylation is 1. The highest BCUT2D eigenvalue weighted by molar-refractivity contribution is 7.19. The van der Waals surface area contributed by atoms with E-state index in [0.29, 0.717) is 39.9 Å². The lowest BCUT2D eigenvalue weighted by molar-refractivity contribution is -0.116. The van der Waals surface area contributed by atoms with Crippen LogP contribution >= 0.6 is 22.7 Å². The lowest BCUT2D eigenvalue weighted by Crippen LogP contribution is -2.39. The fraction of sp³-hybridized carbons (Fsp3) is 0.355. The number of nitrogens with zero attached hydrogens (tertiary/aromatic N) is 8. The molecule has 0 spiro atoms. The first-order valence-electron chi connectivity index (χ1n) is 15.4. The number of anilines is 4. The van der Waals surface area contributed by atoms with Crippen molar-refractivity contribution in [2.45, 2.75) is 44.7 Å². The van der Waals surface area contributed by atoms with Crippen LogP contribution in [-0.2, 0) is 29.0 Å². The fourth-order valence-corrected chi connectivity index (χ4v) is 6.73. The maximum atomic E-state index is 12.7. The zero-order valence-electron chi connectivity index (χ0n) is 26.5. The Morgan fingerprint density at radius 1 is 0.833 bits per heavy atom. The second kappa shape index (κ2) is 15.6. The number of ether oxygens (including phenoxy) is 2. The molecular weight excluding hydrogens is 655 g/mol. The van der Waals surface area contributed by atoms with Crippen LogP contribution in [-0.4, -0.2) is 80.6 Å². The first-order chi connectivity index (χ1) is 23.4. The molecule has 250 valence electrons. The van der Waals surface area contributed by atoms with Crippen molar-refractivity contribution in [3.05, 3.63) is 71.5 Å². The Balaban J connectivity index is 0.907. The summed E-state index contributed by atoms with van der Waals surface area (Å²) in [6.07, 6.45) is 4.53. The van der Waals surface area contributed by atoms with Crippen LogP contribution in [0.15, 0.2) is 54.7 Å².